The Morgan fingerprint density at radius 1 is 1.19 bits per heavy atom. The lowest BCUT2D eigenvalue weighted by molar-refractivity contribution is 0.0510. The summed E-state index contributed by atoms with van der Waals surface area (Å²) in [5.41, 5.74) is 1.48. The highest BCUT2D eigenvalue weighted by molar-refractivity contribution is 6.30. The molecule has 0 aromatic heterocycles. The van der Waals surface area contributed by atoms with Crippen LogP contribution in [0.25, 0.3) is 0 Å². The molecule has 0 spiro atoms. The second-order valence-electron chi connectivity index (χ2n) is 4.39. The number of hydrogen-bond donors (Lipinski definition) is 1. The normalized spacial score (nSPS) is 10.2. The highest BCUT2D eigenvalue weighted by atomic mass is 35.5. The van der Waals surface area contributed by atoms with E-state index in [1.807, 2.05) is 24.3 Å². The van der Waals surface area contributed by atoms with Crippen LogP contribution in [0.4, 0.5) is 0 Å². The molecule has 0 radical (unpaired) electrons. The molecular weight excluding hydrogens is 290 g/mol. The van der Waals surface area contributed by atoms with Crippen LogP contribution in [0, 0.1) is 0 Å². The Morgan fingerprint density at radius 3 is 2.76 bits per heavy atom. The number of methoxy groups -OCH3 is 1. The van der Waals surface area contributed by atoms with Gasteiger partial charge in [0.1, 0.15) is 5.75 Å². The van der Waals surface area contributed by atoms with Gasteiger partial charge in [-0.3, -0.25) is 4.79 Å². The van der Waals surface area contributed by atoms with E-state index in [1.165, 1.54) is 0 Å². The van der Waals surface area contributed by atoms with E-state index in [9.17, 15) is 4.79 Å². The molecule has 0 aliphatic rings. The van der Waals surface area contributed by atoms with Crippen LogP contribution in [-0.2, 0) is 11.3 Å². The summed E-state index contributed by atoms with van der Waals surface area (Å²) in [6, 6.07) is 14.3. The second kappa shape index (κ2) is 7.67. The van der Waals surface area contributed by atoms with Gasteiger partial charge in [-0.2, -0.15) is 0 Å². The maximum Gasteiger partial charge on any atom is 0.251 e. The zero-order valence-electron chi connectivity index (χ0n) is 11.6. The minimum Gasteiger partial charge on any atom is -0.468 e. The third kappa shape index (κ3) is 4.77. The van der Waals surface area contributed by atoms with Crippen LogP contribution in [0.1, 0.15) is 15.9 Å². The van der Waals surface area contributed by atoms with Gasteiger partial charge in [-0.15, -0.1) is 0 Å². The summed E-state index contributed by atoms with van der Waals surface area (Å²) < 4.78 is 10.2. The molecule has 1 N–H and O–H groups in total. The fourth-order valence-electron chi connectivity index (χ4n) is 1.79. The van der Waals surface area contributed by atoms with Crippen LogP contribution in [0.5, 0.6) is 5.75 Å². The molecule has 0 aliphatic carbocycles. The lowest BCUT2D eigenvalue weighted by atomic mass is 10.2. The second-order valence-corrected chi connectivity index (χ2v) is 4.83. The molecule has 4 nitrogen and oxygen atoms in total. The average Bonchev–Trinajstić information content (AvgIpc) is 2.51. The molecule has 5 heteroatoms. The van der Waals surface area contributed by atoms with Gasteiger partial charge < -0.3 is 14.8 Å². The summed E-state index contributed by atoms with van der Waals surface area (Å²) >= 11 is 5.87. The lowest BCUT2D eigenvalue weighted by Gasteiger charge is -2.08. The molecule has 1 amide bonds. The van der Waals surface area contributed by atoms with Gasteiger partial charge >= 0.3 is 0 Å². The van der Waals surface area contributed by atoms with Gasteiger partial charge in [-0.1, -0.05) is 29.8 Å². The van der Waals surface area contributed by atoms with Gasteiger partial charge in [0.25, 0.3) is 5.91 Å². The summed E-state index contributed by atoms with van der Waals surface area (Å²) in [5.74, 6) is 0.534. The highest BCUT2D eigenvalue weighted by Crippen LogP contribution is 2.14. The molecule has 0 heterocycles. The molecule has 0 saturated carbocycles. The molecule has 0 saturated heterocycles. The third-order valence-electron chi connectivity index (χ3n) is 2.78. The van der Waals surface area contributed by atoms with E-state index in [-0.39, 0.29) is 12.7 Å². The van der Waals surface area contributed by atoms with E-state index >= 15 is 0 Å². The molecule has 0 atom stereocenters. The highest BCUT2D eigenvalue weighted by Gasteiger charge is 2.06. The number of benzene rings is 2. The van der Waals surface area contributed by atoms with Crippen molar-refractivity contribution < 1.29 is 14.3 Å². The average molecular weight is 306 g/mol. The Balaban J connectivity index is 1.95. The Kier molecular flexibility index (Phi) is 5.60. The first-order chi connectivity index (χ1) is 10.2. The summed E-state index contributed by atoms with van der Waals surface area (Å²) in [7, 11) is 1.56. The van der Waals surface area contributed by atoms with E-state index < -0.39 is 0 Å². The molecule has 2 aromatic carbocycles. The van der Waals surface area contributed by atoms with E-state index in [1.54, 1.807) is 31.4 Å². The van der Waals surface area contributed by atoms with E-state index in [0.717, 1.165) is 5.56 Å². The largest absolute Gasteiger partial charge is 0.468 e. The van der Waals surface area contributed by atoms with E-state index in [4.69, 9.17) is 21.1 Å². The van der Waals surface area contributed by atoms with Gasteiger partial charge in [0, 0.05) is 24.2 Å². The Bertz CT molecular complexity index is 616. The molecule has 2 aromatic rings. The molecule has 0 aliphatic heterocycles. The molecule has 110 valence electrons. The fraction of sp³-hybridized carbons (Fsp3) is 0.188. The number of halogens is 1. The maximum atomic E-state index is 12.0. The molecule has 0 fully saturated rings. The molecular formula is C16H16ClNO3. The van der Waals surface area contributed by atoms with Crippen LogP contribution in [0.3, 0.4) is 0 Å². The van der Waals surface area contributed by atoms with Crippen molar-refractivity contribution >= 4 is 17.5 Å². The molecule has 0 unspecified atom stereocenters. The number of nitrogens with one attached hydrogen (secondary N) is 1. The number of ether oxygens (including phenoxy) is 2. The first kappa shape index (κ1) is 15.4. The monoisotopic (exact) mass is 305 g/mol. The van der Waals surface area contributed by atoms with Crippen LogP contribution >= 0.6 is 11.6 Å². The van der Waals surface area contributed by atoms with Gasteiger partial charge in [0.15, 0.2) is 6.79 Å². The van der Waals surface area contributed by atoms with E-state index in [2.05, 4.69) is 5.32 Å². The van der Waals surface area contributed by atoms with Gasteiger partial charge in [0.05, 0.1) is 0 Å². The fourth-order valence-corrected chi connectivity index (χ4v) is 1.98. The standard InChI is InChI=1S/C16H16ClNO3/c1-20-11-21-15-7-2-4-12(8-15)10-18-16(19)13-5-3-6-14(17)9-13/h2-9H,10-11H2,1H3,(H,18,19). The number of amides is 1. The van der Waals surface area contributed by atoms with Gasteiger partial charge in [0.2, 0.25) is 0 Å². The molecule has 21 heavy (non-hydrogen) atoms. The Hall–Kier alpha value is -2.04. The summed E-state index contributed by atoms with van der Waals surface area (Å²) in [6.07, 6.45) is 0. The Morgan fingerprint density at radius 2 is 2.00 bits per heavy atom. The predicted octanol–water partition coefficient (Wildman–Crippen LogP) is 3.25. The zero-order chi connectivity index (χ0) is 15.1. The quantitative estimate of drug-likeness (QED) is 0.833. The first-order valence-corrected chi connectivity index (χ1v) is 6.81. The van der Waals surface area contributed by atoms with Crippen molar-refractivity contribution in [1.29, 1.82) is 0 Å². The maximum absolute atomic E-state index is 12.0. The van der Waals surface area contributed by atoms with Crippen molar-refractivity contribution in [2.75, 3.05) is 13.9 Å². The van der Waals surface area contributed by atoms with Crippen molar-refractivity contribution in [3.8, 4) is 5.75 Å². The van der Waals surface area contributed by atoms with Gasteiger partial charge in [-0.25, -0.2) is 0 Å². The van der Waals surface area contributed by atoms with Crippen molar-refractivity contribution in [2.24, 2.45) is 0 Å². The van der Waals surface area contributed by atoms with Gasteiger partial charge in [-0.05, 0) is 35.9 Å². The molecule has 2 rings (SSSR count). The zero-order valence-corrected chi connectivity index (χ0v) is 12.4. The summed E-state index contributed by atoms with van der Waals surface area (Å²) in [5, 5.41) is 3.38. The van der Waals surface area contributed by atoms with E-state index in [0.29, 0.717) is 22.9 Å². The summed E-state index contributed by atoms with van der Waals surface area (Å²) in [6.45, 7) is 0.605. The van der Waals surface area contributed by atoms with Crippen LogP contribution in [0.15, 0.2) is 48.5 Å². The number of hydrogen-bond acceptors (Lipinski definition) is 3. The van der Waals surface area contributed by atoms with Crippen molar-refractivity contribution in [3.63, 3.8) is 0 Å². The topological polar surface area (TPSA) is 47.6 Å². The minimum atomic E-state index is -0.166. The van der Waals surface area contributed by atoms with Crippen molar-refractivity contribution in [3.05, 3.63) is 64.7 Å². The minimum absolute atomic E-state index is 0.166. The van der Waals surface area contributed by atoms with Crippen LogP contribution in [0.2, 0.25) is 5.02 Å². The third-order valence-corrected chi connectivity index (χ3v) is 3.02. The van der Waals surface area contributed by atoms with Crippen molar-refractivity contribution in [1.82, 2.24) is 5.32 Å². The first-order valence-electron chi connectivity index (χ1n) is 6.43. The number of rotatable bonds is 6. The molecule has 0 bridgehead atoms. The van der Waals surface area contributed by atoms with Crippen LogP contribution < -0.4 is 10.1 Å². The SMILES string of the molecule is COCOc1cccc(CNC(=O)c2cccc(Cl)c2)c1. The van der Waals surface area contributed by atoms with Crippen molar-refractivity contribution in [2.45, 2.75) is 6.54 Å². The lowest BCUT2D eigenvalue weighted by Crippen LogP contribution is -2.22. The van der Waals surface area contributed by atoms with Crippen LogP contribution in [-0.4, -0.2) is 19.8 Å². The number of carbonyl (C=O) groups excluding carboxylic acids is 1. The predicted molar refractivity (Wildman–Crippen MR) is 81.6 cm³/mol. The smallest absolute Gasteiger partial charge is 0.251 e. The summed E-state index contributed by atoms with van der Waals surface area (Å²) in [4.78, 5) is 12.0. The Labute approximate surface area is 128 Å². The number of carbonyl (C=O) groups is 1.